The Bertz CT molecular complexity index is 442. The summed E-state index contributed by atoms with van der Waals surface area (Å²) >= 11 is 0. The second-order valence-corrected chi connectivity index (χ2v) is 5.59. The zero-order valence-corrected chi connectivity index (χ0v) is 16.7. The first-order valence-corrected chi connectivity index (χ1v) is 9.68. The summed E-state index contributed by atoms with van der Waals surface area (Å²) in [7, 11) is 0. The van der Waals surface area contributed by atoms with E-state index >= 15 is 0 Å². The second-order valence-electron chi connectivity index (χ2n) is 5.59. The van der Waals surface area contributed by atoms with Crippen LogP contribution in [0.4, 0.5) is 0 Å². The van der Waals surface area contributed by atoms with Gasteiger partial charge in [0.1, 0.15) is 12.4 Å². The first-order chi connectivity index (χ1) is 13.9. The van der Waals surface area contributed by atoms with Gasteiger partial charge in [0.2, 0.25) is 0 Å². The molecule has 0 atom stereocenters. The molecule has 0 saturated carbocycles. The average molecular weight is 398 g/mol. The van der Waals surface area contributed by atoms with Gasteiger partial charge in [0, 0.05) is 0 Å². The van der Waals surface area contributed by atoms with Gasteiger partial charge in [0.25, 0.3) is 0 Å². The van der Waals surface area contributed by atoms with E-state index in [1.54, 1.807) is 6.08 Å². The predicted molar refractivity (Wildman–Crippen MR) is 107 cm³/mol. The standard InChI is InChI=1S/C21H34O7/c1-2-8-22-9-10-23-11-12-24-13-14-25-15-16-26-17-18-27-19-20-28-21-6-4-3-5-7-21/h2-7H,1,8-20H2. The molecule has 160 valence electrons. The lowest BCUT2D eigenvalue weighted by Gasteiger charge is -2.08. The molecule has 0 aliphatic rings. The zero-order valence-electron chi connectivity index (χ0n) is 16.7. The van der Waals surface area contributed by atoms with Crippen molar-refractivity contribution in [3.8, 4) is 5.75 Å². The van der Waals surface area contributed by atoms with Crippen molar-refractivity contribution in [3.05, 3.63) is 43.0 Å². The number of hydrogen-bond donors (Lipinski definition) is 0. The maximum atomic E-state index is 5.52. The van der Waals surface area contributed by atoms with Crippen LogP contribution in [0.15, 0.2) is 43.0 Å². The molecule has 0 amide bonds. The monoisotopic (exact) mass is 398 g/mol. The highest BCUT2D eigenvalue weighted by Crippen LogP contribution is 2.07. The van der Waals surface area contributed by atoms with Gasteiger partial charge in [-0.3, -0.25) is 0 Å². The van der Waals surface area contributed by atoms with Crippen LogP contribution in [0.2, 0.25) is 0 Å². The summed E-state index contributed by atoms with van der Waals surface area (Å²) in [5.41, 5.74) is 0. The van der Waals surface area contributed by atoms with Crippen LogP contribution in [0.25, 0.3) is 0 Å². The topological polar surface area (TPSA) is 64.6 Å². The van der Waals surface area contributed by atoms with Gasteiger partial charge in [-0.2, -0.15) is 0 Å². The molecule has 1 aromatic rings. The summed E-state index contributed by atoms with van der Waals surface area (Å²) in [6.07, 6.45) is 1.71. The van der Waals surface area contributed by atoms with Gasteiger partial charge in [-0.1, -0.05) is 24.3 Å². The van der Waals surface area contributed by atoms with E-state index < -0.39 is 0 Å². The lowest BCUT2D eigenvalue weighted by Crippen LogP contribution is -2.14. The first-order valence-electron chi connectivity index (χ1n) is 9.68. The molecule has 28 heavy (non-hydrogen) atoms. The number of ether oxygens (including phenoxy) is 7. The maximum Gasteiger partial charge on any atom is 0.119 e. The van der Waals surface area contributed by atoms with Crippen LogP contribution >= 0.6 is 0 Å². The van der Waals surface area contributed by atoms with Crippen molar-refractivity contribution in [3.63, 3.8) is 0 Å². The predicted octanol–water partition coefficient (Wildman–Crippen LogP) is 2.35. The van der Waals surface area contributed by atoms with Crippen molar-refractivity contribution in [2.45, 2.75) is 0 Å². The molecule has 7 nitrogen and oxygen atoms in total. The van der Waals surface area contributed by atoms with E-state index in [4.69, 9.17) is 33.2 Å². The molecule has 0 aromatic heterocycles. The third kappa shape index (κ3) is 16.7. The van der Waals surface area contributed by atoms with Crippen molar-refractivity contribution < 1.29 is 33.2 Å². The molecule has 0 fully saturated rings. The number of para-hydroxylation sites is 1. The lowest BCUT2D eigenvalue weighted by atomic mass is 10.3. The Kier molecular flexibility index (Phi) is 17.8. The largest absolute Gasteiger partial charge is 0.491 e. The van der Waals surface area contributed by atoms with Gasteiger partial charge < -0.3 is 33.2 Å². The molecule has 0 heterocycles. The van der Waals surface area contributed by atoms with E-state index in [2.05, 4.69) is 6.58 Å². The number of hydrogen-bond acceptors (Lipinski definition) is 7. The summed E-state index contributed by atoms with van der Waals surface area (Å²) in [4.78, 5) is 0. The first kappa shape index (κ1) is 24.6. The van der Waals surface area contributed by atoms with Crippen LogP contribution in [0.5, 0.6) is 5.75 Å². The minimum atomic E-state index is 0.529. The van der Waals surface area contributed by atoms with Gasteiger partial charge in [-0.05, 0) is 12.1 Å². The molecule has 0 saturated heterocycles. The molecular formula is C21H34O7. The molecule has 0 aliphatic carbocycles. The Labute approximate surface area is 168 Å². The average Bonchev–Trinajstić information content (AvgIpc) is 2.73. The molecule has 0 radical (unpaired) electrons. The highest BCUT2D eigenvalue weighted by atomic mass is 16.6. The summed E-state index contributed by atoms with van der Waals surface area (Å²) in [5, 5.41) is 0. The van der Waals surface area contributed by atoms with E-state index in [1.807, 2.05) is 30.3 Å². The Morgan fingerprint density at radius 1 is 0.536 bits per heavy atom. The van der Waals surface area contributed by atoms with Crippen molar-refractivity contribution in [2.24, 2.45) is 0 Å². The number of rotatable bonds is 21. The quantitative estimate of drug-likeness (QED) is 0.233. The van der Waals surface area contributed by atoms with Gasteiger partial charge >= 0.3 is 0 Å². The van der Waals surface area contributed by atoms with Crippen LogP contribution < -0.4 is 4.74 Å². The lowest BCUT2D eigenvalue weighted by molar-refractivity contribution is -0.0168. The van der Waals surface area contributed by atoms with Crippen molar-refractivity contribution in [2.75, 3.05) is 85.9 Å². The molecule has 1 aromatic carbocycles. The van der Waals surface area contributed by atoms with Gasteiger partial charge in [0.05, 0.1) is 79.3 Å². The Hall–Kier alpha value is -1.48. The van der Waals surface area contributed by atoms with E-state index in [0.29, 0.717) is 85.9 Å². The Balaban J connectivity index is 1.67. The summed E-state index contributed by atoms with van der Waals surface area (Å²) in [5.74, 6) is 0.852. The van der Waals surface area contributed by atoms with Crippen LogP contribution in [0.1, 0.15) is 0 Å². The van der Waals surface area contributed by atoms with E-state index in [9.17, 15) is 0 Å². The Morgan fingerprint density at radius 2 is 0.929 bits per heavy atom. The molecule has 0 aliphatic heterocycles. The molecule has 0 bridgehead atoms. The molecule has 1 rings (SSSR count). The zero-order chi connectivity index (χ0) is 20.0. The van der Waals surface area contributed by atoms with Crippen molar-refractivity contribution in [1.29, 1.82) is 0 Å². The van der Waals surface area contributed by atoms with Gasteiger partial charge in [0.15, 0.2) is 0 Å². The van der Waals surface area contributed by atoms with Gasteiger partial charge in [-0.25, -0.2) is 0 Å². The summed E-state index contributed by atoms with van der Waals surface area (Å²) < 4.78 is 37.7. The summed E-state index contributed by atoms with van der Waals surface area (Å²) in [6.45, 7) is 10.7. The van der Waals surface area contributed by atoms with Crippen LogP contribution in [0.3, 0.4) is 0 Å². The van der Waals surface area contributed by atoms with Crippen molar-refractivity contribution in [1.82, 2.24) is 0 Å². The highest BCUT2D eigenvalue weighted by Gasteiger charge is 1.95. The minimum Gasteiger partial charge on any atom is -0.491 e. The van der Waals surface area contributed by atoms with Crippen LogP contribution in [-0.4, -0.2) is 85.9 Å². The van der Waals surface area contributed by atoms with Crippen LogP contribution in [0, 0.1) is 0 Å². The third-order valence-corrected chi connectivity index (χ3v) is 3.34. The molecule has 0 spiro atoms. The smallest absolute Gasteiger partial charge is 0.119 e. The fraction of sp³-hybridized carbons (Fsp3) is 0.619. The molecule has 0 unspecified atom stereocenters. The van der Waals surface area contributed by atoms with E-state index in [0.717, 1.165) is 5.75 Å². The maximum absolute atomic E-state index is 5.52. The molecule has 7 heteroatoms. The fourth-order valence-corrected chi connectivity index (χ4v) is 2.00. The van der Waals surface area contributed by atoms with Crippen molar-refractivity contribution >= 4 is 0 Å². The Morgan fingerprint density at radius 3 is 1.36 bits per heavy atom. The van der Waals surface area contributed by atoms with Gasteiger partial charge in [-0.15, -0.1) is 6.58 Å². The fourth-order valence-electron chi connectivity index (χ4n) is 2.00. The second kappa shape index (κ2) is 20.3. The highest BCUT2D eigenvalue weighted by molar-refractivity contribution is 5.20. The number of benzene rings is 1. The normalized spacial score (nSPS) is 10.9. The third-order valence-electron chi connectivity index (χ3n) is 3.34. The minimum absolute atomic E-state index is 0.529. The van der Waals surface area contributed by atoms with Crippen LogP contribution in [-0.2, 0) is 28.4 Å². The van der Waals surface area contributed by atoms with E-state index in [1.165, 1.54) is 0 Å². The molecular weight excluding hydrogens is 364 g/mol. The van der Waals surface area contributed by atoms with E-state index in [-0.39, 0.29) is 0 Å². The summed E-state index contributed by atoms with van der Waals surface area (Å²) in [6, 6.07) is 9.68. The SMILES string of the molecule is C=CCOCCOCCOCCOCCOCCOCCOc1ccccc1. The molecule has 0 N–H and O–H groups in total.